The molecule has 1 N–H and O–H groups in total. The first-order valence-electron chi connectivity index (χ1n) is 9.65. The molecular formula is C19H31FN4O3S. The van der Waals surface area contributed by atoms with Gasteiger partial charge in [0.05, 0.1) is 5.69 Å². The number of nitrogens with zero attached hydrogens (tertiary/aromatic N) is 3. The summed E-state index contributed by atoms with van der Waals surface area (Å²) in [6.07, 6.45) is 3.24. The van der Waals surface area contributed by atoms with E-state index >= 15 is 0 Å². The van der Waals surface area contributed by atoms with Gasteiger partial charge in [0.1, 0.15) is 12.4 Å². The van der Waals surface area contributed by atoms with E-state index in [1.807, 2.05) is 0 Å². The lowest BCUT2D eigenvalue weighted by Crippen LogP contribution is -2.46. The van der Waals surface area contributed by atoms with Crippen molar-refractivity contribution in [2.45, 2.75) is 26.2 Å². The van der Waals surface area contributed by atoms with Crippen LogP contribution in [-0.4, -0.2) is 70.3 Å². The minimum Gasteiger partial charge on any atom is -0.354 e. The number of nitrogens with one attached hydrogen (secondary N) is 1. The molecule has 0 spiro atoms. The van der Waals surface area contributed by atoms with Crippen LogP contribution >= 0.6 is 0 Å². The highest BCUT2D eigenvalue weighted by Crippen LogP contribution is 2.19. The van der Waals surface area contributed by atoms with Crippen molar-refractivity contribution in [1.29, 1.82) is 0 Å². The van der Waals surface area contributed by atoms with E-state index in [1.54, 1.807) is 0 Å². The maximum absolute atomic E-state index is 13.2. The van der Waals surface area contributed by atoms with Crippen molar-refractivity contribution in [3.8, 4) is 0 Å². The first-order chi connectivity index (χ1) is 13.2. The highest BCUT2D eigenvalue weighted by atomic mass is 32.2. The van der Waals surface area contributed by atoms with E-state index in [-0.39, 0.29) is 18.1 Å². The molecule has 0 unspecified atom stereocenters. The SMILES string of the molecule is CC1CCN(CCCNC(=O)CN(c2ccc(F)cc2)S(=O)(=O)N(C)C)CC1. The first-order valence-corrected chi connectivity index (χ1v) is 11.0. The number of piperidine rings is 1. The van der Waals surface area contributed by atoms with Gasteiger partial charge in [0.25, 0.3) is 0 Å². The van der Waals surface area contributed by atoms with E-state index in [1.165, 1.54) is 51.2 Å². The minimum absolute atomic E-state index is 0.243. The zero-order valence-corrected chi connectivity index (χ0v) is 17.7. The number of likely N-dealkylation sites (tertiary alicyclic amines) is 1. The summed E-state index contributed by atoms with van der Waals surface area (Å²) in [7, 11) is -1.09. The van der Waals surface area contributed by atoms with Gasteiger partial charge in [-0.3, -0.25) is 4.79 Å². The summed E-state index contributed by atoms with van der Waals surface area (Å²) in [5.41, 5.74) is 0.243. The zero-order valence-electron chi connectivity index (χ0n) is 16.9. The molecule has 7 nitrogen and oxygen atoms in total. The van der Waals surface area contributed by atoms with Crippen LogP contribution in [0.4, 0.5) is 10.1 Å². The van der Waals surface area contributed by atoms with Crippen molar-refractivity contribution >= 4 is 21.8 Å². The van der Waals surface area contributed by atoms with Crippen molar-refractivity contribution in [1.82, 2.24) is 14.5 Å². The Bertz CT molecular complexity index is 732. The van der Waals surface area contributed by atoms with Gasteiger partial charge in [-0.15, -0.1) is 0 Å². The molecule has 1 heterocycles. The monoisotopic (exact) mass is 414 g/mol. The van der Waals surface area contributed by atoms with E-state index in [0.29, 0.717) is 6.54 Å². The number of anilines is 1. The quantitative estimate of drug-likeness (QED) is 0.624. The van der Waals surface area contributed by atoms with Crippen molar-refractivity contribution in [2.75, 3.05) is 51.1 Å². The normalized spacial score (nSPS) is 16.3. The molecule has 1 saturated heterocycles. The maximum atomic E-state index is 13.2. The summed E-state index contributed by atoms with van der Waals surface area (Å²) in [6, 6.07) is 5.04. The summed E-state index contributed by atoms with van der Waals surface area (Å²) in [6.45, 7) is 5.51. The summed E-state index contributed by atoms with van der Waals surface area (Å²) in [4.78, 5) is 14.7. The number of benzene rings is 1. The van der Waals surface area contributed by atoms with Crippen LogP contribution in [0.2, 0.25) is 0 Å². The van der Waals surface area contributed by atoms with Gasteiger partial charge in [0, 0.05) is 20.6 Å². The molecule has 0 saturated carbocycles. The molecule has 9 heteroatoms. The predicted octanol–water partition coefficient (Wildman–Crippen LogP) is 1.68. The highest BCUT2D eigenvalue weighted by Gasteiger charge is 2.27. The van der Waals surface area contributed by atoms with E-state index in [9.17, 15) is 17.6 Å². The Hall–Kier alpha value is -1.71. The molecule has 0 aromatic heterocycles. The fourth-order valence-electron chi connectivity index (χ4n) is 3.11. The average Bonchev–Trinajstić information content (AvgIpc) is 2.65. The van der Waals surface area contributed by atoms with Crippen molar-refractivity contribution in [2.24, 2.45) is 5.92 Å². The van der Waals surface area contributed by atoms with Crippen molar-refractivity contribution in [3.63, 3.8) is 0 Å². The fourth-order valence-corrected chi connectivity index (χ4v) is 4.18. The number of halogens is 1. The van der Waals surface area contributed by atoms with Gasteiger partial charge in [-0.1, -0.05) is 6.92 Å². The van der Waals surface area contributed by atoms with Crippen LogP contribution in [0, 0.1) is 11.7 Å². The summed E-state index contributed by atoms with van der Waals surface area (Å²) < 4.78 is 40.4. The second kappa shape index (κ2) is 10.2. The third-order valence-electron chi connectivity index (χ3n) is 4.99. The van der Waals surface area contributed by atoms with Crippen LogP contribution in [0.15, 0.2) is 24.3 Å². The lowest BCUT2D eigenvalue weighted by molar-refractivity contribution is -0.119. The molecule has 1 fully saturated rings. The van der Waals surface area contributed by atoms with Gasteiger partial charge in [-0.25, -0.2) is 8.70 Å². The number of hydrogen-bond acceptors (Lipinski definition) is 4. The van der Waals surface area contributed by atoms with Crippen LogP contribution in [0.25, 0.3) is 0 Å². The molecule has 1 aromatic carbocycles. The Labute approximate surface area is 167 Å². The first kappa shape index (κ1) is 22.6. The highest BCUT2D eigenvalue weighted by molar-refractivity contribution is 7.90. The molecular weight excluding hydrogens is 383 g/mol. The van der Waals surface area contributed by atoms with Crippen molar-refractivity contribution < 1.29 is 17.6 Å². The van der Waals surface area contributed by atoms with Gasteiger partial charge >= 0.3 is 10.2 Å². The lowest BCUT2D eigenvalue weighted by atomic mass is 9.99. The fraction of sp³-hybridized carbons (Fsp3) is 0.632. The second-order valence-corrected chi connectivity index (χ2v) is 9.57. The number of carbonyl (C=O) groups excluding carboxylic acids is 1. The summed E-state index contributed by atoms with van der Waals surface area (Å²) in [5.74, 6) is -0.0726. The predicted molar refractivity (Wildman–Crippen MR) is 109 cm³/mol. The van der Waals surface area contributed by atoms with Gasteiger partial charge in [0.15, 0.2) is 0 Å². The topological polar surface area (TPSA) is 73.0 Å². The molecule has 1 aliphatic heterocycles. The standard InChI is InChI=1S/C19H31FN4O3S/c1-16-9-13-23(14-10-16)12-4-11-21-19(25)15-24(28(26,27)22(2)3)18-7-5-17(20)6-8-18/h5-8,16H,4,9-15H2,1-3H3,(H,21,25). The minimum atomic E-state index is -3.88. The second-order valence-electron chi connectivity index (χ2n) is 7.50. The van der Waals surface area contributed by atoms with Crippen LogP contribution in [-0.2, 0) is 15.0 Å². The molecule has 1 aromatic rings. The van der Waals surface area contributed by atoms with E-state index in [4.69, 9.17) is 0 Å². The smallest absolute Gasteiger partial charge is 0.304 e. The largest absolute Gasteiger partial charge is 0.354 e. The molecule has 0 atom stereocenters. The third-order valence-corrected chi connectivity index (χ3v) is 6.81. The van der Waals surface area contributed by atoms with E-state index < -0.39 is 16.0 Å². The van der Waals surface area contributed by atoms with E-state index in [2.05, 4.69) is 17.1 Å². The summed E-state index contributed by atoms with van der Waals surface area (Å²) >= 11 is 0. The number of rotatable bonds is 9. The third kappa shape index (κ3) is 6.42. The molecule has 2 rings (SSSR count). The molecule has 0 bridgehead atoms. The van der Waals surface area contributed by atoms with Gasteiger partial charge in [0.2, 0.25) is 5.91 Å². The van der Waals surface area contributed by atoms with E-state index in [0.717, 1.165) is 40.6 Å². The van der Waals surface area contributed by atoms with Gasteiger partial charge in [-0.05, 0) is 69.1 Å². The Kier molecular flexibility index (Phi) is 8.21. The number of amides is 1. The molecule has 158 valence electrons. The van der Waals surface area contributed by atoms with Crippen LogP contribution in [0.5, 0.6) is 0 Å². The van der Waals surface area contributed by atoms with Crippen LogP contribution in [0.3, 0.4) is 0 Å². The maximum Gasteiger partial charge on any atom is 0.304 e. The molecule has 0 radical (unpaired) electrons. The van der Waals surface area contributed by atoms with Gasteiger partial charge in [-0.2, -0.15) is 12.7 Å². The zero-order chi connectivity index (χ0) is 20.7. The van der Waals surface area contributed by atoms with Crippen molar-refractivity contribution in [3.05, 3.63) is 30.1 Å². The molecule has 28 heavy (non-hydrogen) atoms. The Balaban J connectivity index is 1.89. The molecule has 1 aliphatic rings. The lowest BCUT2D eigenvalue weighted by Gasteiger charge is -2.30. The summed E-state index contributed by atoms with van der Waals surface area (Å²) in [5, 5.41) is 2.79. The molecule has 0 aliphatic carbocycles. The van der Waals surface area contributed by atoms with Crippen LogP contribution < -0.4 is 9.62 Å². The average molecular weight is 415 g/mol. The number of carbonyl (C=O) groups is 1. The van der Waals surface area contributed by atoms with Crippen LogP contribution in [0.1, 0.15) is 26.2 Å². The number of hydrogen-bond donors (Lipinski definition) is 1. The Morgan fingerprint density at radius 2 is 1.82 bits per heavy atom. The Morgan fingerprint density at radius 3 is 2.39 bits per heavy atom. The Morgan fingerprint density at radius 1 is 1.21 bits per heavy atom. The molecule has 1 amide bonds. The van der Waals surface area contributed by atoms with Gasteiger partial charge < -0.3 is 10.2 Å².